The summed E-state index contributed by atoms with van der Waals surface area (Å²) in [6, 6.07) is 10.5. The van der Waals surface area contributed by atoms with Gasteiger partial charge in [0.05, 0.1) is 22.9 Å². The number of rotatable bonds is 8. The number of pyridine rings is 2. The van der Waals surface area contributed by atoms with Crippen molar-refractivity contribution < 1.29 is 4.39 Å². The van der Waals surface area contributed by atoms with Gasteiger partial charge in [-0.1, -0.05) is 50.3 Å². The first-order valence-electron chi connectivity index (χ1n) is 13.5. The van der Waals surface area contributed by atoms with Crippen LogP contribution in [0.4, 0.5) is 4.39 Å². The summed E-state index contributed by atoms with van der Waals surface area (Å²) in [6.07, 6.45) is 14.0. The summed E-state index contributed by atoms with van der Waals surface area (Å²) in [5.74, 6) is 0.693. The summed E-state index contributed by atoms with van der Waals surface area (Å²) in [6.45, 7) is 10.3. The summed E-state index contributed by atoms with van der Waals surface area (Å²) in [7, 11) is 0. The van der Waals surface area contributed by atoms with Crippen LogP contribution in [-0.4, -0.2) is 30.1 Å². The molecular weight excluding hydrogens is 501 g/mol. The molecule has 0 saturated heterocycles. The number of fused-ring (bicyclic) bond motifs is 2. The van der Waals surface area contributed by atoms with E-state index in [1.165, 1.54) is 31.7 Å². The molecule has 6 rings (SSSR count). The minimum absolute atomic E-state index is 0.329. The molecule has 0 atom stereocenters. The Labute approximate surface area is 231 Å². The maximum Gasteiger partial charge on any atom is 0.161 e. The normalized spacial score (nSPS) is 14.8. The van der Waals surface area contributed by atoms with Gasteiger partial charge in [0, 0.05) is 28.7 Å². The van der Waals surface area contributed by atoms with Crippen LogP contribution in [0.15, 0.2) is 91.6 Å². The smallest absolute Gasteiger partial charge is 0.161 e. The number of imidazole rings is 1. The van der Waals surface area contributed by atoms with Crippen molar-refractivity contribution in [3.05, 3.63) is 103 Å². The summed E-state index contributed by atoms with van der Waals surface area (Å²) < 4.78 is 14.6. The standard InChI is InChI=1S/C32H30FN7/c1-4-20(16-22(5-2)35-19(3)21-10-6-7-11-21)26-14-15-27-30(36-26)31(40-39-27)32-37-28-18-34-17-24(29(28)38-32)23-12-8-9-13-25(23)33/h4-5,8-9,12-18,21,35H,2-3,6-7,10-11H2,1H3,(H,37,38)(H,39,40)/b20-4+,22-16+. The fourth-order valence-corrected chi connectivity index (χ4v) is 5.33. The molecule has 0 aliphatic heterocycles. The molecule has 0 radical (unpaired) electrons. The predicted octanol–water partition coefficient (Wildman–Crippen LogP) is 7.47. The highest BCUT2D eigenvalue weighted by Gasteiger charge is 2.20. The molecule has 0 spiro atoms. The molecule has 0 bridgehead atoms. The van der Waals surface area contributed by atoms with Crippen molar-refractivity contribution in [2.24, 2.45) is 5.92 Å². The van der Waals surface area contributed by atoms with Crippen molar-refractivity contribution in [3.63, 3.8) is 0 Å². The Bertz CT molecular complexity index is 1800. The van der Waals surface area contributed by atoms with Gasteiger partial charge in [0.15, 0.2) is 11.5 Å². The summed E-state index contributed by atoms with van der Waals surface area (Å²) in [5.41, 5.74) is 8.02. The number of allylic oxidation sites excluding steroid dienone is 5. The first-order chi connectivity index (χ1) is 19.6. The minimum Gasteiger partial charge on any atom is -0.359 e. The van der Waals surface area contributed by atoms with E-state index >= 15 is 0 Å². The zero-order chi connectivity index (χ0) is 27.6. The van der Waals surface area contributed by atoms with Crippen LogP contribution >= 0.6 is 0 Å². The second-order valence-corrected chi connectivity index (χ2v) is 9.99. The van der Waals surface area contributed by atoms with Gasteiger partial charge in [-0.05, 0) is 61.6 Å². The summed E-state index contributed by atoms with van der Waals surface area (Å²) in [5, 5.41) is 11.0. The molecule has 1 aliphatic carbocycles. The van der Waals surface area contributed by atoms with Crippen molar-refractivity contribution in [1.82, 2.24) is 35.5 Å². The van der Waals surface area contributed by atoms with Gasteiger partial charge in [-0.3, -0.25) is 10.1 Å². The average molecular weight is 532 g/mol. The second-order valence-electron chi connectivity index (χ2n) is 9.99. The van der Waals surface area contributed by atoms with Gasteiger partial charge < -0.3 is 10.3 Å². The molecule has 0 unspecified atom stereocenters. The molecule has 200 valence electrons. The Morgan fingerprint density at radius 3 is 2.62 bits per heavy atom. The summed E-state index contributed by atoms with van der Waals surface area (Å²) >= 11 is 0. The molecule has 5 aromatic rings. The van der Waals surface area contributed by atoms with Gasteiger partial charge in [-0.2, -0.15) is 5.10 Å². The number of hydrogen-bond donors (Lipinski definition) is 3. The monoisotopic (exact) mass is 531 g/mol. The van der Waals surface area contributed by atoms with E-state index in [1.807, 2.05) is 31.2 Å². The third kappa shape index (κ3) is 4.73. The Morgan fingerprint density at radius 2 is 1.85 bits per heavy atom. The fourth-order valence-electron chi connectivity index (χ4n) is 5.33. The maximum atomic E-state index is 14.6. The van der Waals surface area contributed by atoms with E-state index in [0.29, 0.717) is 45.1 Å². The van der Waals surface area contributed by atoms with E-state index in [1.54, 1.807) is 36.7 Å². The number of nitrogens with one attached hydrogen (secondary N) is 3. The lowest BCUT2D eigenvalue weighted by atomic mass is 10.0. The number of halogens is 1. The van der Waals surface area contributed by atoms with Crippen LogP contribution in [0.3, 0.4) is 0 Å². The number of nitrogens with zero attached hydrogens (tertiary/aromatic N) is 4. The molecule has 8 heteroatoms. The zero-order valence-electron chi connectivity index (χ0n) is 22.3. The molecule has 1 aromatic carbocycles. The van der Waals surface area contributed by atoms with Crippen molar-refractivity contribution >= 4 is 27.6 Å². The molecule has 0 amide bonds. The van der Waals surface area contributed by atoms with Crippen molar-refractivity contribution in [1.29, 1.82) is 0 Å². The second kappa shape index (κ2) is 10.7. The maximum absolute atomic E-state index is 14.6. The fraction of sp³-hybridized carbons (Fsp3) is 0.188. The number of H-pyrrole nitrogens is 2. The zero-order valence-corrected chi connectivity index (χ0v) is 22.3. The number of hydrogen-bond acceptors (Lipinski definition) is 5. The Morgan fingerprint density at radius 1 is 1.02 bits per heavy atom. The van der Waals surface area contributed by atoms with Gasteiger partial charge in [0.2, 0.25) is 0 Å². The first-order valence-corrected chi connectivity index (χ1v) is 13.5. The quantitative estimate of drug-likeness (QED) is 0.181. The molecule has 40 heavy (non-hydrogen) atoms. The lowest BCUT2D eigenvalue weighted by Crippen LogP contribution is -2.16. The molecule has 7 nitrogen and oxygen atoms in total. The first kappa shape index (κ1) is 25.4. The van der Waals surface area contributed by atoms with E-state index in [4.69, 9.17) is 9.97 Å². The van der Waals surface area contributed by atoms with Crippen LogP contribution in [0.1, 0.15) is 38.3 Å². The van der Waals surface area contributed by atoms with Crippen LogP contribution in [-0.2, 0) is 0 Å². The molecule has 4 heterocycles. The van der Waals surface area contributed by atoms with Gasteiger partial charge >= 0.3 is 0 Å². The highest BCUT2D eigenvalue weighted by atomic mass is 19.1. The third-order valence-electron chi connectivity index (χ3n) is 7.48. The topological polar surface area (TPSA) is 95.2 Å². The molecule has 1 aliphatic rings. The van der Waals surface area contributed by atoms with Gasteiger partial charge in [-0.15, -0.1) is 0 Å². The van der Waals surface area contributed by atoms with E-state index < -0.39 is 0 Å². The average Bonchev–Trinajstić information content (AvgIpc) is 3.74. The van der Waals surface area contributed by atoms with Crippen LogP contribution in [0, 0.1) is 11.7 Å². The predicted molar refractivity (Wildman–Crippen MR) is 158 cm³/mol. The van der Waals surface area contributed by atoms with Crippen molar-refractivity contribution in [2.75, 3.05) is 0 Å². The van der Waals surface area contributed by atoms with E-state index in [0.717, 1.165) is 28.2 Å². The SMILES string of the molecule is C=C/C(=C\C(=C/C)c1ccc2[nH]nc(-c3nc4c(-c5ccccc5F)cncc4[nH]3)c2n1)NC(=C)C1CCCC1. The van der Waals surface area contributed by atoms with Gasteiger partial charge in [0.25, 0.3) is 0 Å². The lowest BCUT2D eigenvalue weighted by Gasteiger charge is -2.16. The number of benzene rings is 1. The largest absolute Gasteiger partial charge is 0.359 e. The highest BCUT2D eigenvalue weighted by molar-refractivity contribution is 5.95. The highest BCUT2D eigenvalue weighted by Crippen LogP contribution is 2.32. The Hall–Kier alpha value is -4.85. The number of aromatic nitrogens is 6. The molecule has 1 fully saturated rings. The Balaban J connectivity index is 1.36. The summed E-state index contributed by atoms with van der Waals surface area (Å²) in [4.78, 5) is 17.4. The van der Waals surface area contributed by atoms with Crippen LogP contribution < -0.4 is 5.32 Å². The van der Waals surface area contributed by atoms with Crippen molar-refractivity contribution in [3.8, 4) is 22.6 Å². The van der Waals surface area contributed by atoms with Crippen LogP contribution in [0.25, 0.3) is 50.3 Å². The van der Waals surface area contributed by atoms with E-state index in [2.05, 4.69) is 38.6 Å². The van der Waals surface area contributed by atoms with Gasteiger partial charge in [-0.25, -0.2) is 14.4 Å². The molecular formula is C32H30FN7. The molecule has 4 aromatic heterocycles. The van der Waals surface area contributed by atoms with Crippen LogP contribution in [0.2, 0.25) is 0 Å². The molecule has 1 saturated carbocycles. The minimum atomic E-state index is -0.329. The van der Waals surface area contributed by atoms with Gasteiger partial charge in [0.1, 0.15) is 16.9 Å². The third-order valence-corrected chi connectivity index (χ3v) is 7.48. The Kier molecular flexibility index (Phi) is 6.82. The number of aromatic amines is 2. The van der Waals surface area contributed by atoms with Crippen LogP contribution in [0.5, 0.6) is 0 Å². The van der Waals surface area contributed by atoms with Crippen molar-refractivity contribution in [2.45, 2.75) is 32.6 Å². The van der Waals surface area contributed by atoms with E-state index in [9.17, 15) is 4.39 Å². The molecule has 3 N–H and O–H groups in total. The van der Waals surface area contributed by atoms with E-state index in [-0.39, 0.29) is 5.82 Å². The lowest BCUT2D eigenvalue weighted by molar-refractivity contribution is 0.607.